The Bertz CT molecular complexity index is 1000. The standard InChI is InChI=1S/C26H35NO4S3/c1-6-7-13-26(4)23(28)22(17-11-9-8-10-12-17)19-15-20(32-5)18(14-21(19)34-27(26)31)16-33-25(2,3)24(29)30/h8-12,14-15,22-23,28,31H,6-7,13,16H2,1-5H3,(H,29,30). The summed E-state index contributed by atoms with van der Waals surface area (Å²) in [6.45, 7) is 7.47. The van der Waals surface area contributed by atoms with E-state index in [9.17, 15) is 20.2 Å². The molecule has 0 fully saturated rings. The SMILES string of the molecule is CCCCC1(C)C(O)C(c2ccccc2)c2cc(SC)c(CSC(C)(C)C(=O)O)cc2SN1O. The molecule has 1 aliphatic rings. The largest absolute Gasteiger partial charge is 0.480 e. The summed E-state index contributed by atoms with van der Waals surface area (Å²) in [4.78, 5) is 13.6. The minimum Gasteiger partial charge on any atom is -0.480 e. The number of fused-ring (bicyclic) bond motifs is 1. The number of aliphatic hydroxyl groups excluding tert-OH is 1. The molecule has 0 radical (unpaired) electrons. The second-order valence-corrected chi connectivity index (χ2v) is 12.9. The van der Waals surface area contributed by atoms with Gasteiger partial charge in [0.1, 0.15) is 4.75 Å². The fourth-order valence-corrected chi connectivity index (χ4v) is 6.89. The molecule has 0 bridgehead atoms. The number of aliphatic carboxylic acids is 1. The van der Waals surface area contributed by atoms with Crippen LogP contribution in [0.4, 0.5) is 0 Å². The monoisotopic (exact) mass is 521 g/mol. The quantitative estimate of drug-likeness (QED) is 0.250. The maximum atomic E-state index is 11.8. The topological polar surface area (TPSA) is 81.0 Å². The van der Waals surface area contributed by atoms with E-state index in [2.05, 4.69) is 19.1 Å². The lowest BCUT2D eigenvalue weighted by molar-refractivity contribution is -0.138. The molecule has 186 valence electrons. The van der Waals surface area contributed by atoms with Gasteiger partial charge >= 0.3 is 5.97 Å². The highest BCUT2D eigenvalue weighted by molar-refractivity contribution is 8.01. The van der Waals surface area contributed by atoms with E-state index in [1.807, 2.05) is 43.5 Å². The number of hydroxylamine groups is 1. The number of unbranched alkanes of at least 4 members (excludes halogenated alkanes) is 1. The van der Waals surface area contributed by atoms with E-state index in [0.717, 1.165) is 39.3 Å². The lowest BCUT2D eigenvalue weighted by atomic mass is 9.76. The van der Waals surface area contributed by atoms with Crippen LogP contribution in [-0.2, 0) is 10.5 Å². The molecule has 3 N–H and O–H groups in total. The molecule has 1 aliphatic heterocycles. The van der Waals surface area contributed by atoms with Gasteiger partial charge in [-0.2, -0.15) is 0 Å². The van der Waals surface area contributed by atoms with Crippen LogP contribution in [0.25, 0.3) is 0 Å². The maximum absolute atomic E-state index is 11.8. The van der Waals surface area contributed by atoms with Crippen LogP contribution in [0.1, 0.15) is 69.6 Å². The van der Waals surface area contributed by atoms with Crippen molar-refractivity contribution in [1.82, 2.24) is 4.47 Å². The van der Waals surface area contributed by atoms with Gasteiger partial charge in [-0.3, -0.25) is 4.79 Å². The average molecular weight is 522 g/mol. The Hall–Kier alpha value is -1.16. The van der Waals surface area contributed by atoms with Crippen molar-refractivity contribution in [3.05, 3.63) is 59.2 Å². The minimum atomic E-state index is -0.903. The first-order chi connectivity index (χ1) is 16.0. The summed E-state index contributed by atoms with van der Waals surface area (Å²) >= 11 is 4.27. The van der Waals surface area contributed by atoms with Gasteiger partial charge in [-0.1, -0.05) is 50.1 Å². The van der Waals surface area contributed by atoms with Crippen molar-refractivity contribution < 1.29 is 20.2 Å². The molecule has 0 spiro atoms. The van der Waals surface area contributed by atoms with Crippen LogP contribution < -0.4 is 0 Å². The number of nitrogens with zero attached hydrogens (tertiary/aromatic N) is 1. The summed E-state index contributed by atoms with van der Waals surface area (Å²) in [5.41, 5.74) is 2.19. The van der Waals surface area contributed by atoms with Crippen LogP contribution in [0.3, 0.4) is 0 Å². The predicted octanol–water partition coefficient (Wildman–Crippen LogP) is 6.66. The molecule has 34 heavy (non-hydrogen) atoms. The molecule has 2 aromatic rings. The van der Waals surface area contributed by atoms with Crippen LogP contribution in [0.2, 0.25) is 0 Å². The van der Waals surface area contributed by atoms with Crippen molar-refractivity contribution in [3.8, 4) is 0 Å². The second-order valence-electron chi connectivity index (χ2n) is 9.46. The highest BCUT2D eigenvalue weighted by atomic mass is 32.2. The zero-order valence-corrected chi connectivity index (χ0v) is 22.9. The molecule has 3 atom stereocenters. The maximum Gasteiger partial charge on any atom is 0.319 e. The zero-order valence-electron chi connectivity index (χ0n) is 20.4. The van der Waals surface area contributed by atoms with Gasteiger partial charge in [0.25, 0.3) is 0 Å². The van der Waals surface area contributed by atoms with Gasteiger partial charge in [-0.15, -0.1) is 28.0 Å². The van der Waals surface area contributed by atoms with E-state index in [1.165, 1.54) is 28.2 Å². The molecule has 0 amide bonds. The molecule has 0 saturated heterocycles. The highest BCUT2D eigenvalue weighted by Gasteiger charge is 2.47. The van der Waals surface area contributed by atoms with E-state index in [4.69, 9.17) is 0 Å². The molecule has 0 aliphatic carbocycles. The number of carboxylic acid groups (broad SMARTS) is 1. The van der Waals surface area contributed by atoms with Gasteiger partial charge in [-0.05, 0) is 74.2 Å². The van der Waals surface area contributed by atoms with E-state index in [-0.39, 0.29) is 5.92 Å². The molecule has 1 heterocycles. The molecule has 3 unspecified atom stereocenters. The van der Waals surface area contributed by atoms with Crippen molar-refractivity contribution in [1.29, 1.82) is 0 Å². The van der Waals surface area contributed by atoms with Crippen molar-refractivity contribution in [2.24, 2.45) is 0 Å². The Morgan fingerprint density at radius 2 is 1.91 bits per heavy atom. The summed E-state index contributed by atoms with van der Waals surface area (Å²) in [6, 6.07) is 14.2. The Morgan fingerprint density at radius 1 is 1.24 bits per heavy atom. The van der Waals surface area contributed by atoms with Crippen molar-refractivity contribution in [2.75, 3.05) is 6.26 Å². The number of hydrogen-bond donors (Lipinski definition) is 3. The summed E-state index contributed by atoms with van der Waals surface area (Å²) in [5.74, 6) is -0.598. The van der Waals surface area contributed by atoms with E-state index in [0.29, 0.717) is 12.2 Å². The van der Waals surface area contributed by atoms with E-state index in [1.54, 1.807) is 25.6 Å². The van der Waals surface area contributed by atoms with Crippen LogP contribution in [0.5, 0.6) is 0 Å². The Morgan fingerprint density at radius 3 is 2.50 bits per heavy atom. The number of aliphatic hydroxyl groups is 1. The van der Waals surface area contributed by atoms with Gasteiger partial charge in [0, 0.05) is 21.5 Å². The molecule has 8 heteroatoms. The van der Waals surface area contributed by atoms with Gasteiger partial charge in [0.2, 0.25) is 0 Å². The third kappa shape index (κ3) is 5.63. The van der Waals surface area contributed by atoms with Crippen molar-refractivity contribution in [3.63, 3.8) is 0 Å². The summed E-state index contributed by atoms with van der Waals surface area (Å²) in [5, 5.41) is 32.5. The first kappa shape index (κ1) is 27.4. The van der Waals surface area contributed by atoms with Gasteiger partial charge in [-0.25, -0.2) is 0 Å². The van der Waals surface area contributed by atoms with E-state index >= 15 is 0 Å². The number of carbonyl (C=O) groups is 1. The lowest BCUT2D eigenvalue weighted by Gasteiger charge is -2.40. The Kier molecular flexibility index (Phi) is 9.09. The summed E-state index contributed by atoms with van der Waals surface area (Å²) in [7, 11) is 0. The molecular weight excluding hydrogens is 486 g/mol. The molecular formula is C26H35NO4S3. The first-order valence-electron chi connectivity index (χ1n) is 11.5. The highest BCUT2D eigenvalue weighted by Crippen LogP contribution is 2.49. The number of rotatable bonds is 9. The predicted molar refractivity (Wildman–Crippen MR) is 143 cm³/mol. The normalized spacial score (nSPS) is 23.4. The third-order valence-corrected chi connectivity index (χ3v) is 9.93. The minimum absolute atomic E-state index is 0.300. The Labute approximate surface area is 215 Å². The zero-order chi connectivity index (χ0) is 25.1. The number of benzene rings is 2. The molecule has 3 rings (SSSR count). The van der Waals surface area contributed by atoms with Crippen LogP contribution in [0.15, 0.2) is 52.3 Å². The fourth-order valence-electron chi connectivity index (χ4n) is 4.20. The summed E-state index contributed by atoms with van der Waals surface area (Å²) in [6.07, 6.45) is 3.73. The van der Waals surface area contributed by atoms with E-state index < -0.39 is 22.4 Å². The van der Waals surface area contributed by atoms with Crippen LogP contribution in [-0.4, -0.2) is 48.5 Å². The average Bonchev–Trinajstić information content (AvgIpc) is 2.89. The smallest absolute Gasteiger partial charge is 0.319 e. The lowest BCUT2D eigenvalue weighted by Crippen LogP contribution is -2.51. The second kappa shape index (κ2) is 11.3. The van der Waals surface area contributed by atoms with Crippen LogP contribution in [0, 0.1) is 0 Å². The van der Waals surface area contributed by atoms with Crippen molar-refractivity contribution in [2.45, 2.75) is 84.8 Å². The first-order valence-corrected chi connectivity index (χ1v) is 14.5. The molecule has 0 saturated carbocycles. The van der Waals surface area contributed by atoms with Gasteiger partial charge < -0.3 is 15.4 Å². The van der Waals surface area contributed by atoms with Gasteiger partial charge in [0.15, 0.2) is 0 Å². The molecule has 2 aromatic carbocycles. The number of thioether (sulfide) groups is 2. The number of carboxylic acids is 1. The van der Waals surface area contributed by atoms with Crippen molar-refractivity contribution >= 4 is 41.4 Å². The molecule has 5 nitrogen and oxygen atoms in total. The fraction of sp³-hybridized carbons (Fsp3) is 0.500. The molecule has 0 aromatic heterocycles. The van der Waals surface area contributed by atoms with Gasteiger partial charge in [0.05, 0.1) is 11.6 Å². The number of hydrogen-bond acceptors (Lipinski definition) is 7. The van der Waals surface area contributed by atoms with Crippen LogP contribution >= 0.6 is 35.5 Å². The third-order valence-electron chi connectivity index (χ3n) is 6.62. The Balaban J connectivity index is 2.13. The summed E-state index contributed by atoms with van der Waals surface area (Å²) < 4.78 is 0.339.